The quantitative estimate of drug-likeness (QED) is 0.608. The number of hydrogen-bond donors (Lipinski definition) is 3. The van der Waals surface area contributed by atoms with E-state index in [1.165, 1.54) is 13.8 Å². The Kier molecular flexibility index (Phi) is 4.77. The molecule has 0 unspecified atom stereocenters. The molecular weight excluding hydrogens is 354 g/mol. The van der Waals surface area contributed by atoms with Gasteiger partial charge in [0.05, 0.1) is 5.69 Å². The Morgan fingerprint density at radius 3 is 2.38 bits per heavy atom. The highest BCUT2D eigenvalue weighted by Gasteiger charge is 2.20. The molecule has 2 aromatic carbocycles. The standard InChI is InChI=1S/C19H16ClN3O3/c1-10(24)21-14-5-3-4-12(8-14)19(26)18-17(22-11(2)25)15-7-6-13(20)9-16(15)23-18/h3-9,23H,1-2H3,(H,21,24)(H,22,25). The van der Waals surface area contributed by atoms with Crippen molar-refractivity contribution in [2.45, 2.75) is 13.8 Å². The van der Waals surface area contributed by atoms with Gasteiger partial charge in [-0.1, -0.05) is 23.7 Å². The molecule has 3 aromatic rings. The Bertz CT molecular complexity index is 1040. The fraction of sp³-hybridized carbons (Fsp3) is 0.105. The lowest BCUT2D eigenvalue weighted by Gasteiger charge is -2.07. The van der Waals surface area contributed by atoms with Gasteiger partial charge in [0.25, 0.3) is 0 Å². The number of fused-ring (bicyclic) bond motifs is 1. The van der Waals surface area contributed by atoms with Gasteiger partial charge in [-0.25, -0.2) is 0 Å². The molecule has 3 N–H and O–H groups in total. The number of aromatic amines is 1. The van der Waals surface area contributed by atoms with E-state index in [0.29, 0.717) is 32.9 Å². The van der Waals surface area contributed by atoms with Gasteiger partial charge in [-0.2, -0.15) is 0 Å². The summed E-state index contributed by atoms with van der Waals surface area (Å²) in [6.45, 7) is 2.77. The second-order valence-corrected chi connectivity index (χ2v) is 6.27. The lowest BCUT2D eigenvalue weighted by atomic mass is 10.1. The number of carbonyl (C=O) groups excluding carboxylic acids is 3. The average molecular weight is 370 g/mol. The number of aromatic nitrogens is 1. The minimum atomic E-state index is -0.312. The SMILES string of the molecule is CC(=O)Nc1cccc(C(=O)c2[nH]c3cc(Cl)ccc3c2NC(C)=O)c1. The maximum absolute atomic E-state index is 13.0. The summed E-state index contributed by atoms with van der Waals surface area (Å²) in [5.41, 5.74) is 2.18. The number of hydrogen-bond acceptors (Lipinski definition) is 3. The summed E-state index contributed by atoms with van der Waals surface area (Å²) in [4.78, 5) is 38.9. The normalized spacial score (nSPS) is 10.6. The number of carbonyl (C=O) groups is 3. The van der Waals surface area contributed by atoms with Crippen LogP contribution in [0.25, 0.3) is 10.9 Å². The molecule has 0 aliphatic carbocycles. The fourth-order valence-corrected chi connectivity index (χ4v) is 2.90. The summed E-state index contributed by atoms with van der Waals surface area (Å²) in [5, 5.41) is 6.55. The number of ketones is 1. The first kappa shape index (κ1) is 17.7. The van der Waals surface area contributed by atoms with E-state index in [2.05, 4.69) is 15.6 Å². The molecule has 6 nitrogen and oxygen atoms in total. The molecule has 0 atom stereocenters. The van der Waals surface area contributed by atoms with E-state index in [-0.39, 0.29) is 23.3 Å². The first-order valence-electron chi connectivity index (χ1n) is 7.86. The Balaban J connectivity index is 2.10. The molecule has 0 aliphatic heterocycles. The maximum Gasteiger partial charge on any atom is 0.221 e. The van der Waals surface area contributed by atoms with Crippen molar-refractivity contribution < 1.29 is 14.4 Å². The van der Waals surface area contributed by atoms with Crippen LogP contribution in [0.3, 0.4) is 0 Å². The van der Waals surface area contributed by atoms with E-state index >= 15 is 0 Å². The van der Waals surface area contributed by atoms with Crippen molar-refractivity contribution in [1.82, 2.24) is 4.98 Å². The molecule has 0 spiro atoms. The zero-order chi connectivity index (χ0) is 18.8. The fourth-order valence-electron chi connectivity index (χ4n) is 2.73. The van der Waals surface area contributed by atoms with Crippen LogP contribution in [0, 0.1) is 0 Å². The van der Waals surface area contributed by atoms with Crippen molar-refractivity contribution >= 4 is 51.5 Å². The van der Waals surface area contributed by atoms with Gasteiger partial charge in [-0.15, -0.1) is 0 Å². The smallest absolute Gasteiger partial charge is 0.221 e. The van der Waals surface area contributed by atoms with Crippen LogP contribution >= 0.6 is 11.6 Å². The lowest BCUT2D eigenvalue weighted by molar-refractivity contribution is -0.115. The molecule has 0 saturated carbocycles. The molecule has 0 aliphatic rings. The molecule has 1 aromatic heterocycles. The van der Waals surface area contributed by atoms with E-state index in [1.807, 2.05) is 0 Å². The minimum Gasteiger partial charge on any atom is -0.350 e. The van der Waals surface area contributed by atoms with Gasteiger partial charge in [0.15, 0.2) is 0 Å². The molecule has 0 saturated heterocycles. The van der Waals surface area contributed by atoms with Gasteiger partial charge in [0.1, 0.15) is 5.69 Å². The number of nitrogens with one attached hydrogen (secondary N) is 3. The Hall–Kier alpha value is -3.12. The van der Waals surface area contributed by atoms with Gasteiger partial charge in [-0.05, 0) is 30.3 Å². The van der Waals surface area contributed by atoms with E-state index in [1.54, 1.807) is 42.5 Å². The zero-order valence-corrected chi connectivity index (χ0v) is 14.9. The summed E-state index contributed by atoms with van der Waals surface area (Å²) >= 11 is 6.02. The first-order valence-corrected chi connectivity index (χ1v) is 8.24. The van der Waals surface area contributed by atoms with Crippen molar-refractivity contribution in [2.75, 3.05) is 10.6 Å². The van der Waals surface area contributed by atoms with Crippen molar-refractivity contribution in [3.63, 3.8) is 0 Å². The van der Waals surface area contributed by atoms with Gasteiger partial charge in [-0.3, -0.25) is 14.4 Å². The number of anilines is 2. The predicted molar refractivity (Wildman–Crippen MR) is 102 cm³/mol. The van der Waals surface area contributed by atoms with Crippen LogP contribution < -0.4 is 10.6 Å². The third kappa shape index (κ3) is 3.60. The molecule has 0 radical (unpaired) electrons. The van der Waals surface area contributed by atoms with Crippen molar-refractivity contribution in [3.8, 4) is 0 Å². The Morgan fingerprint density at radius 1 is 0.962 bits per heavy atom. The van der Waals surface area contributed by atoms with Crippen LogP contribution in [0.15, 0.2) is 42.5 Å². The van der Waals surface area contributed by atoms with Crippen molar-refractivity contribution in [3.05, 3.63) is 58.7 Å². The minimum absolute atomic E-state index is 0.228. The molecule has 0 fully saturated rings. The summed E-state index contributed by atoms with van der Waals surface area (Å²) in [7, 11) is 0. The van der Waals surface area contributed by atoms with E-state index in [9.17, 15) is 14.4 Å². The Labute approximate surface area is 154 Å². The zero-order valence-electron chi connectivity index (χ0n) is 14.1. The van der Waals surface area contributed by atoms with Gasteiger partial charge in [0.2, 0.25) is 17.6 Å². The van der Waals surface area contributed by atoms with Gasteiger partial charge < -0.3 is 15.6 Å². The highest BCUT2D eigenvalue weighted by Crippen LogP contribution is 2.31. The largest absolute Gasteiger partial charge is 0.350 e. The molecule has 132 valence electrons. The highest BCUT2D eigenvalue weighted by atomic mass is 35.5. The number of amides is 2. The van der Waals surface area contributed by atoms with Crippen LogP contribution in [0.5, 0.6) is 0 Å². The van der Waals surface area contributed by atoms with Crippen LogP contribution in [0.4, 0.5) is 11.4 Å². The molecule has 1 heterocycles. The third-order valence-corrected chi connectivity index (χ3v) is 3.97. The van der Waals surface area contributed by atoms with Crippen LogP contribution in [0.2, 0.25) is 5.02 Å². The monoisotopic (exact) mass is 369 g/mol. The molecule has 3 rings (SSSR count). The molecular formula is C19H16ClN3O3. The molecule has 0 bridgehead atoms. The number of rotatable bonds is 4. The maximum atomic E-state index is 13.0. The topological polar surface area (TPSA) is 91.1 Å². The molecule has 26 heavy (non-hydrogen) atoms. The van der Waals surface area contributed by atoms with E-state index < -0.39 is 0 Å². The number of halogens is 1. The Morgan fingerprint density at radius 2 is 1.69 bits per heavy atom. The summed E-state index contributed by atoms with van der Waals surface area (Å²) in [6, 6.07) is 11.7. The number of H-pyrrole nitrogens is 1. The van der Waals surface area contributed by atoms with Crippen molar-refractivity contribution in [1.29, 1.82) is 0 Å². The third-order valence-electron chi connectivity index (χ3n) is 3.73. The second kappa shape index (κ2) is 7.01. The van der Waals surface area contributed by atoms with Gasteiger partial charge in [0, 0.05) is 41.0 Å². The van der Waals surface area contributed by atoms with E-state index in [4.69, 9.17) is 11.6 Å². The summed E-state index contributed by atoms with van der Waals surface area (Å²) in [5.74, 6) is -0.830. The average Bonchev–Trinajstić information content (AvgIpc) is 2.90. The predicted octanol–water partition coefficient (Wildman–Crippen LogP) is 3.97. The highest BCUT2D eigenvalue weighted by molar-refractivity contribution is 6.31. The first-order chi connectivity index (χ1) is 12.3. The van der Waals surface area contributed by atoms with Crippen molar-refractivity contribution in [2.24, 2.45) is 0 Å². The van der Waals surface area contributed by atoms with Crippen LogP contribution in [-0.2, 0) is 9.59 Å². The summed E-state index contributed by atoms with van der Waals surface area (Å²) < 4.78 is 0. The van der Waals surface area contributed by atoms with Gasteiger partial charge >= 0.3 is 0 Å². The molecule has 7 heteroatoms. The van der Waals surface area contributed by atoms with Crippen LogP contribution in [0.1, 0.15) is 29.9 Å². The summed E-state index contributed by atoms with van der Waals surface area (Å²) in [6.07, 6.45) is 0. The molecule has 2 amide bonds. The lowest BCUT2D eigenvalue weighted by Crippen LogP contribution is -2.12. The van der Waals surface area contributed by atoms with Crippen LogP contribution in [-0.4, -0.2) is 22.6 Å². The number of benzene rings is 2. The second-order valence-electron chi connectivity index (χ2n) is 5.84. The van der Waals surface area contributed by atoms with E-state index in [0.717, 1.165) is 0 Å².